The van der Waals surface area contributed by atoms with Crippen LogP contribution in [0, 0.1) is 0 Å². The molecule has 1 aliphatic carbocycles. The fourth-order valence-corrected chi connectivity index (χ4v) is 5.90. The summed E-state index contributed by atoms with van der Waals surface area (Å²) in [6.07, 6.45) is 5.41. The number of thiophene rings is 1. The highest BCUT2D eigenvalue weighted by Crippen LogP contribution is 2.39. The number of amides is 1. The summed E-state index contributed by atoms with van der Waals surface area (Å²) in [5.41, 5.74) is 2.29. The van der Waals surface area contributed by atoms with Crippen LogP contribution in [0.3, 0.4) is 0 Å². The lowest BCUT2D eigenvalue weighted by molar-refractivity contribution is -0.113. The van der Waals surface area contributed by atoms with E-state index in [1.807, 2.05) is 43.5 Å². The van der Waals surface area contributed by atoms with Crippen LogP contribution in [0.25, 0.3) is 11.5 Å². The summed E-state index contributed by atoms with van der Waals surface area (Å²) in [5.74, 6) is 0.271. The molecular formula is C23H27N5O3S2. The number of aromatic nitrogens is 4. The van der Waals surface area contributed by atoms with E-state index < -0.39 is 0 Å². The molecule has 0 saturated heterocycles. The molecule has 0 bridgehead atoms. The van der Waals surface area contributed by atoms with E-state index in [1.54, 1.807) is 6.20 Å². The smallest absolute Gasteiger partial charge is 0.341 e. The Morgan fingerprint density at radius 3 is 2.79 bits per heavy atom. The second kappa shape index (κ2) is 10.5. The Labute approximate surface area is 201 Å². The molecule has 10 heteroatoms. The van der Waals surface area contributed by atoms with Gasteiger partial charge in [-0.05, 0) is 64.2 Å². The van der Waals surface area contributed by atoms with E-state index in [4.69, 9.17) is 4.74 Å². The number of esters is 1. The molecule has 3 aromatic heterocycles. The van der Waals surface area contributed by atoms with Gasteiger partial charge in [-0.2, -0.15) is 0 Å². The van der Waals surface area contributed by atoms with Crippen LogP contribution in [0.1, 0.15) is 54.4 Å². The number of ether oxygens (including phenoxy) is 1. The Balaban J connectivity index is 1.48. The number of anilines is 1. The maximum Gasteiger partial charge on any atom is 0.341 e. The predicted octanol–water partition coefficient (Wildman–Crippen LogP) is 4.60. The normalized spacial score (nSPS) is 13.1. The highest BCUT2D eigenvalue weighted by Gasteiger charge is 2.28. The number of nitrogens with one attached hydrogen (secondary N) is 1. The largest absolute Gasteiger partial charge is 0.459 e. The molecule has 3 aromatic rings. The third-order valence-corrected chi connectivity index (χ3v) is 7.40. The number of hydrogen-bond donors (Lipinski definition) is 1. The van der Waals surface area contributed by atoms with Crippen LogP contribution in [-0.4, -0.2) is 43.5 Å². The Morgan fingerprint density at radius 1 is 1.24 bits per heavy atom. The minimum atomic E-state index is -0.363. The van der Waals surface area contributed by atoms with Crippen molar-refractivity contribution in [1.29, 1.82) is 0 Å². The molecular weight excluding hydrogens is 458 g/mol. The highest BCUT2D eigenvalue weighted by atomic mass is 32.2. The van der Waals surface area contributed by atoms with Crippen molar-refractivity contribution in [3.8, 4) is 11.5 Å². The van der Waals surface area contributed by atoms with Crippen molar-refractivity contribution in [1.82, 2.24) is 19.7 Å². The molecule has 0 saturated carbocycles. The van der Waals surface area contributed by atoms with Crippen molar-refractivity contribution in [3.05, 3.63) is 40.4 Å². The number of pyridine rings is 1. The number of carbonyl (C=O) groups excluding carboxylic acids is 2. The minimum Gasteiger partial charge on any atom is -0.459 e. The molecule has 1 aliphatic rings. The first-order valence-corrected chi connectivity index (χ1v) is 12.9. The third-order valence-electron chi connectivity index (χ3n) is 5.23. The molecule has 174 valence electrons. The summed E-state index contributed by atoms with van der Waals surface area (Å²) in [6, 6.07) is 5.64. The van der Waals surface area contributed by atoms with Gasteiger partial charge < -0.3 is 14.6 Å². The van der Waals surface area contributed by atoms with Crippen LogP contribution in [0.4, 0.5) is 5.00 Å². The van der Waals surface area contributed by atoms with Crippen LogP contribution in [0.15, 0.2) is 29.6 Å². The summed E-state index contributed by atoms with van der Waals surface area (Å²) in [7, 11) is 0. The molecule has 0 spiro atoms. The first kappa shape index (κ1) is 23.4. The van der Waals surface area contributed by atoms with Crippen molar-refractivity contribution in [3.63, 3.8) is 0 Å². The maximum absolute atomic E-state index is 12.8. The van der Waals surface area contributed by atoms with Gasteiger partial charge in [0.05, 0.1) is 17.4 Å². The van der Waals surface area contributed by atoms with Crippen LogP contribution in [0.5, 0.6) is 0 Å². The molecule has 0 aromatic carbocycles. The first-order valence-electron chi connectivity index (χ1n) is 11.1. The molecule has 4 rings (SSSR count). The number of thioether (sulfide) groups is 1. The van der Waals surface area contributed by atoms with Gasteiger partial charge in [0, 0.05) is 17.6 Å². The summed E-state index contributed by atoms with van der Waals surface area (Å²) >= 11 is 2.81. The van der Waals surface area contributed by atoms with Gasteiger partial charge in [0.15, 0.2) is 11.0 Å². The average molecular weight is 486 g/mol. The predicted molar refractivity (Wildman–Crippen MR) is 130 cm³/mol. The van der Waals surface area contributed by atoms with Gasteiger partial charge in [-0.1, -0.05) is 17.8 Å². The average Bonchev–Trinajstić information content (AvgIpc) is 3.38. The van der Waals surface area contributed by atoms with Crippen LogP contribution >= 0.6 is 23.1 Å². The molecule has 8 nitrogen and oxygen atoms in total. The molecule has 0 fully saturated rings. The van der Waals surface area contributed by atoms with Gasteiger partial charge in [-0.3, -0.25) is 9.78 Å². The summed E-state index contributed by atoms with van der Waals surface area (Å²) < 4.78 is 7.41. The lowest BCUT2D eigenvalue weighted by Gasteiger charge is -2.14. The Morgan fingerprint density at radius 2 is 2.06 bits per heavy atom. The lowest BCUT2D eigenvalue weighted by atomic mass is 9.95. The summed E-state index contributed by atoms with van der Waals surface area (Å²) in [6.45, 7) is 6.32. The van der Waals surface area contributed by atoms with Crippen LogP contribution < -0.4 is 5.32 Å². The van der Waals surface area contributed by atoms with Gasteiger partial charge in [-0.15, -0.1) is 21.5 Å². The summed E-state index contributed by atoms with van der Waals surface area (Å²) in [4.78, 5) is 31.1. The molecule has 1 amide bonds. The van der Waals surface area contributed by atoms with Crippen LogP contribution in [0.2, 0.25) is 0 Å². The van der Waals surface area contributed by atoms with Crippen molar-refractivity contribution < 1.29 is 14.3 Å². The molecule has 0 radical (unpaired) electrons. The number of rotatable bonds is 8. The molecule has 3 heterocycles. The zero-order valence-corrected chi connectivity index (χ0v) is 20.6. The van der Waals surface area contributed by atoms with Gasteiger partial charge >= 0.3 is 5.97 Å². The molecule has 33 heavy (non-hydrogen) atoms. The SMILES string of the molecule is CCn1c(SCC(=O)Nc2sc3c(c2C(=O)OC(C)C)CCCC3)nnc1-c1ccccn1. The lowest BCUT2D eigenvalue weighted by Crippen LogP contribution is -2.19. The summed E-state index contributed by atoms with van der Waals surface area (Å²) in [5, 5.41) is 12.7. The van der Waals surface area contributed by atoms with Crippen molar-refractivity contribution in [2.24, 2.45) is 0 Å². The number of carbonyl (C=O) groups is 2. The Hall–Kier alpha value is -2.72. The third kappa shape index (κ3) is 5.27. The monoisotopic (exact) mass is 485 g/mol. The molecule has 1 N–H and O–H groups in total. The van der Waals surface area contributed by atoms with Gasteiger partial charge in [0.1, 0.15) is 10.7 Å². The Bertz CT molecular complexity index is 1140. The molecule has 0 unspecified atom stereocenters. The van der Waals surface area contributed by atoms with Crippen molar-refractivity contribution in [2.45, 2.75) is 64.3 Å². The second-order valence-corrected chi connectivity index (χ2v) is 10.0. The van der Waals surface area contributed by atoms with E-state index in [9.17, 15) is 9.59 Å². The quantitative estimate of drug-likeness (QED) is 0.368. The number of hydrogen-bond acceptors (Lipinski definition) is 8. The van der Waals surface area contributed by atoms with E-state index >= 15 is 0 Å². The van der Waals surface area contributed by atoms with E-state index in [2.05, 4.69) is 20.5 Å². The second-order valence-electron chi connectivity index (χ2n) is 7.97. The minimum absolute atomic E-state index is 0.154. The van der Waals surface area contributed by atoms with E-state index in [-0.39, 0.29) is 23.7 Å². The Kier molecular flexibility index (Phi) is 7.44. The first-order chi connectivity index (χ1) is 16.0. The number of nitrogens with zero attached hydrogens (tertiary/aromatic N) is 4. The van der Waals surface area contributed by atoms with E-state index in [0.29, 0.717) is 28.1 Å². The van der Waals surface area contributed by atoms with E-state index in [1.165, 1.54) is 28.0 Å². The standard InChI is InChI=1S/C23H27N5O3S2/c1-4-28-20(16-10-7-8-12-24-16)26-27-23(28)32-13-18(29)25-21-19(22(30)31-14(2)3)15-9-5-6-11-17(15)33-21/h7-8,10,12,14H,4-6,9,11,13H2,1-3H3,(H,25,29). The van der Waals surface area contributed by atoms with Gasteiger partial charge in [0.25, 0.3) is 0 Å². The van der Waals surface area contributed by atoms with Crippen molar-refractivity contribution in [2.75, 3.05) is 11.1 Å². The fourth-order valence-electron chi connectivity index (χ4n) is 3.80. The van der Waals surface area contributed by atoms with Gasteiger partial charge in [-0.25, -0.2) is 4.79 Å². The highest BCUT2D eigenvalue weighted by molar-refractivity contribution is 7.99. The van der Waals surface area contributed by atoms with Crippen LogP contribution in [-0.2, 0) is 28.9 Å². The molecule has 0 atom stereocenters. The topological polar surface area (TPSA) is 99.0 Å². The fraction of sp³-hybridized carbons (Fsp3) is 0.435. The zero-order chi connectivity index (χ0) is 23.4. The number of aryl methyl sites for hydroxylation is 1. The molecule has 0 aliphatic heterocycles. The van der Waals surface area contributed by atoms with E-state index in [0.717, 1.165) is 36.9 Å². The van der Waals surface area contributed by atoms with Crippen molar-refractivity contribution >= 4 is 40.0 Å². The zero-order valence-electron chi connectivity index (χ0n) is 19.0. The number of fused-ring (bicyclic) bond motifs is 1. The maximum atomic E-state index is 12.8. The van der Waals surface area contributed by atoms with Gasteiger partial charge in [0.2, 0.25) is 5.91 Å².